The average molecular weight is 247 g/mol. The van der Waals surface area contributed by atoms with E-state index in [0.717, 1.165) is 0 Å². The average Bonchev–Trinajstić information content (AvgIpc) is 2.75. The molecule has 0 bridgehead atoms. The van der Waals surface area contributed by atoms with Gasteiger partial charge in [0.25, 0.3) is 0 Å². The van der Waals surface area contributed by atoms with Gasteiger partial charge < -0.3 is 5.11 Å². The van der Waals surface area contributed by atoms with Crippen LogP contribution in [0.5, 0.6) is 0 Å². The zero-order valence-electron chi connectivity index (χ0n) is 6.88. The van der Waals surface area contributed by atoms with Crippen LogP contribution in [0.1, 0.15) is 22.1 Å². The number of thiophene rings is 1. The monoisotopic (exact) mass is 246 g/mol. The van der Waals surface area contributed by atoms with Crippen LogP contribution in [0.25, 0.3) is 0 Å². The minimum Gasteiger partial charge on any atom is -0.396 e. The van der Waals surface area contributed by atoms with Crippen LogP contribution in [-0.2, 0) is 0 Å². The summed E-state index contributed by atoms with van der Waals surface area (Å²) in [6, 6.07) is 2.19. The van der Waals surface area contributed by atoms with Crippen LogP contribution in [-0.4, -0.2) is 11.7 Å². The number of aliphatic hydroxyl groups is 1. The molecule has 1 nitrogen and oxygen atoms in total. The van der Waals surface area contributed by atoms with E-state index in [4.69, 9.17) is 5.11 Å². The highest BCUT2D eigenvalue weighted by molar-refractivity contribution is 9.10. The molecule has 2 unspecified atom stereocenters. The molecule has 1 aromatic rings. The Bertz CT molecular complexity index is 275. The Labute approximate surface area is 84.6 Å². The van der Waals surface area contributed by atoms with E-state index >= 15 is 0 Å². The van der Waals surface area contributed by atoms with Gasteiger partial charge in [0.15, 0.2) is 0 Å². The van der Waals surface area contributed by atoms with E-state index < -0.39 is 0 Å². The molecule has 1 aliphatic carbocycles. The number of halogens is 1. The highest BCUT2D eigenvalue weighted by Gasteiger charge is 2.38. The van der Waals surface area contributed by atoms with Crippen molar-refractivity contribution in [1.82, 2.24) is 0 Å². The lowest BCUT2D eigenvalue weighted by atomic mass is 10.3. The van der Waals surface area contributed by atoms with Gasteiger partial charge in [-0.3, -0.25) is 0 Å². The van der Waals surface area contributed by atoms with Crippen LogP contribution in [0.2, 0.25) is 0 Å². The molecule has 0 aromatic carbocycles. The van der Waals surface area contributed by atoms with Gasteiger partial charge in [-0.25, -0.2) is 0 Å². The Morgan fingerprint density at radius 1 is 1.75 bits per heavy atom. The van der Waals surface area contributed by atoms with E-state index in [2.05, 4.69) is 28.9 Å². The maximum absolute atomic E-state index is 8.91. The molecular formula is C9H11BrOS. The molecule has 0 radical (unpaired) electrons. The Hall–Kier alpha value is 0.140. The number of aliphatic hydroxyl groups excluding tert-OH is 1. The molecule has 66 valence electrons. The van der Waals surface area contributed by atoms with Crippen molar-refractivity contribution in [3.05, 3.63) is 20.3 Å². The predicted octanol–water partition coefficient (Wildman–Crippen LogP) is 2.91. The maximum atomic E-state index is 8.91. The number of aryl methyl sites for hydroxylation is 1. The van der Waals surface area contributed by atoms with E-state index in [1.165, 1.54) is 20.6 Å². The Morgan fingerprint density at radius 3 is 2.92 bits per heavy atom. The number of hydrogen-bond donors (Lipinski definition) is 1. The zero-order valence-corrected chi connectivity index (χ0v) is 9.28. The fourth-order valence-electron chi connectivity index (χ4n) is 1.46. The summed E-state index contributed by atoms with van der Waals surface area (Å²) in [5.74, 6) is 1.18. The van der Waals surface area contributed by atoms with Gasteiger partial charge in [-0.15, -0.1) is 11.3 Å². The third-order valence-electron chi connectivity index (χ3n) is 2.40. The highest BCUT2D eigenvalue weighted by Crippen LogP contribution is 2.50. The summed E-state index contributed by atoms with van der Waals surface area (Å²) in [5, 5.41) is 8.91. The van der Waals surface area contributed by atoms with Crippen molar-refractivity contribution in [3.63, 3.8) is 0 Å². The normalized spacial score (nSPS) is 27.6. The van der Waals surface area contributed by atoms with Crippen LogP contribution in [0.3, 0.4) is 0 Å². The summed E-state index contributed by atoms with van der Waals surface area (Å²) >= 11 is 5.35. The first-order valence-corrected chi connectivity index (χ1v) is 5.70. The summed E-state index contributed by atoms with van der Waals surface area (Å²) in [5.41, 5.74) is 0. The first kappa shape index (κ1) is 8.73. The van der Waals surface area contributed by atoms with E-state index in [9.17, 15) is 0 Å². The molecule has 1 saturated carbocycles. The standard InChI is InChI=1S/C9H11BrOS/c1-5-8(10)3-9(12-5)7-2-6(7)4-11/h3,6-7,11H,2,4H2,1H3. The maximum Gasteiger partial charge on any atom is 0.0465 e. The van der Waals surface area contributed by atoms with E-state index in [1.54, 1.807) is 0 Å². The molecule has 0 spiro atoms. The van der Waals surface area contributed by atoms with Gasteiger partial charge in [-0.1, -0.05) is 0 Å². The third-order valence-corrected chi connectivity index (χ3v) is 4.67. The molecule has 2 rings (SSSR count). The first-order valence-electron chi connectivity index (χ1n) is 4.09. The molecule has 0 aliphatic heterocycles. The van der Waals surface area contributed by atoms with Crippen molar-refractivity contribution in [1.29, 1.82) is 0 Å². The second-order valence-electron chi connectivity index (χ2n) is 3.34. The van der Waals surface area contributed by atoms with Gasteiger partial charge in [0.1, 0.15) is 0 Å². The Kier molecular flexibility index (Phi) is 2.27. The lowest BCUT2D eigenvalue weighted by Crippen LogP contribution is -1.85. The summed E-state index contributed by atoms with van der Waals surface area (Å²) in [6.45, 7) is 2.47. The van der Waals surface area contributed by atoms with Crippen LogP contribution in [0.15, 0.2) is 10.5 Å². The molecule has 1 N–H and O–H groups in total. The quantitative estimate of drug-likeness (QED) is 0.851. The van der Waals surface area contributed by atoms with E-state index in [0.29, 0.717) is 18.4 Å². The molecule has 0 saturated heterocycles. The largest absolute Gasteiger partial charge is 0.396 e. The topological polar surface area (TPSA) is 20.2 Å². The molecule has 1 fully saturated rings. The summed E-state index contributed by atoms with van der Waals surface area (Å²) in [7, 11) is 0. The van der Waals surface area contributed by atoms with Gasteiger partial charge >= 0.3 is 0 Å². The van der Waals surface area contributed by atoms with E-state index in [-0.39, 0.29) is 0 Å². The number of rotatable bonds is 2. The van der Waals surface area contributed by atoms with Crippen molar-refractivity contribution in [2.45, 2.75) is 19.3 Å². The molecule has 3 heteroatoms. The summed E-state index contributed by atoms with van der Waals surface area (Å²) in [4.78, 5) is 2.77. The predicted molar refractivity (Wildman–Crippen MR) is 54.7 cm³/mol. The smallest absolute Gasteiger partial charge is 0.0465 e. The lowest BCUT2D eigenvalue weighted by Gasteiger charge is -1.90. The van der Waals surface area contributed by atoms with Gasteiger partial charge in [0.2, 0.25) is 0 Å². The molecule has 12 heavy (non-hydrogen) atoms. The third kappa shape index (κ3) is 1.45. The van der Waals surface area contributed by atoms with Crippen LogP contribution in [0, 0.1) is 12.8 Å². The molecule has 0 amide bonds. The summed E-state index contributed by atoms with van der Waals surface area (Å²) < 4.78 is 1.21. The second-order valence-corrected chi connectivity index (χ2v) is 5.48. The number of hydrogen-bond acceptors (Lipinski definition) is 2. The fourth-order valence-corrected chi connectivity index (χ4v) is 3.23. The van der Waals surface area contributed by atoms with Crippen molar-refractivity contribution in [2.75, 3.05) is 6.61 Å². The van der Waals surface area contributed by atoms with Crippen molar-refractivity contribution >= 4 is 27.3 Å². The minimum absolute atomic E-state index is 0.346. The van der Waals surface area contributed by atoms with E-state index in [1.807, 2.05) is 11.3 Å². The molecule has 1 aromatic heterocycles. The Balaban J connectivity index is 2.15. The fraction of sp³-hybridized carbons (Fsp3) is 0.556. The van der Waals surface area contributed by atoms with Crippen LogP contribution in [0.4, 0.5) is 0 Å². The second kappa shape index (κ2) is 3.13. The summed E-state index contributed by atoms with van der Waals surface area (Å²) in [6.07, 6.45) is 1.17. The Morgan fingerprint density at radius 2 is 2.50 bits per heavy atom. The highest BCUT2D eigenvalue weighted by atomic mass is 79.9. The molecular weight excluding hydrogens is 236 g/mol. The lowest BCUT2D eigenvalue weighted by molar-refractivity contribution is 0.274. The van der Waals surface area contributed by atoms with Crippen LogP contribution < -0.4 is 0 Å². The van der Waals surface area contributed by atoms with Gasteiger partial charge in [0, 0.05) is 20.8 Å². The van der Waals surface area contributed by atoms with Crippen molar-refractivity contribution in [3.8, 4) is 0 Å². The van der Waals surface area contributed by atoms with Gasteiger partial charge in [0.05, 0.1) is 0 Å². The molecule has 1 aliphatic rings. The molecule has 2 atom stereocenters. The van der Waals surface area contributed by atoms with Gasteiger partial charge in [-0.05, 0) is 47.2 Å². The molecule has 1 heterocycles. The SMILES string of the molecule is Cc1sc(C2CC2CO)cc1Br. The van der Waals surface area contributed by atoms with Crippen molar-refractivity contribution < 1.29 is 5.11 Å². The van der Waals surface area contributed by atoms with Crippen LogP contribution >= 0.6 is 27.3 Å². The van der Waals surface area contributed by atoms with Gasteiger partial charge in [-0.2, -0.15) is 0 Å². The first-order chi connectivity index (χ1) is 5.72. The minimum atomic E-state index is 0.346. The van der Waals surface area contributed by atoms with Crippen molar-refractivity contribution in [2.24, 2.45) is 5.92 Å². The zero-order chi connectivity index (χ0) is 8.72.